The Labute approximate surface area is 171 Å². The van der Waals surface area contributed by atoms with E-state index in [1.807, 2.05) is 18.2 Å². The third kappa shape index (κ3) is 3.59. The first kappa shape index (κ1) is 17.8. The minimum Gasteiger partial charge on any atom is -0.376 e. The van der Waals surface area contributed by atoms with Gasteiger partial charge < -0.3 is 4.74 Å². The van der Waals surface area contributed by atoms with Crippen LogP contribution in [0.5, 0.6) is 0 Å². The summed E-state index contributed by atoms with van der Waals surface area (Å²) in [4.78, 5) is 4.84. The number of nitrogens with zero attached hydrogens (tertiary/aromatic N) is 1. The normalized spacial score (nSPS) is 11.9. The van der Waals surface area contributed by atoms with E-state index in [1.165, 1.54) is 44.6 Å². The number of hydrogen-bond donors (Lipinski definition) is 0. The highest BCUT2D eigenvalue weighted by atomic mass is 16.5. The summed E-state index contributed by atoms with van der Waals surface area (Å²) in [7, 11) is 0. The average molecular weight is 377 g/mol. The number of rotatable bonds is 6. The van der Waals surface area contributed by atoms with Crippen LogP contribution in [0.4, 0.5) is 0 Å². The molecule has 0 aliphatic heterocycles. The molecule has 0 bridgehead atoms. The van der Waals surface area contributed by atoms with Crippen molar-refractivity contribution in [3.8, 4) is 22.3 Å². The molecular formula is C27H23NO. The molecule has 0 unspecified atom stereocenters. The number of hydrogen-bond acceptors (Lipinski definition) is 2. The van der Waals surface area contributed by atoms with Gasteiger partial charge in [0.1, 0.15) is 0 Å². The average Bonchev–Trinajstić information content (AvgIpc) is 3.16. The van der Waals surface area contributed by atoms with Crippen molar-refractivity contribution < 1.29 is 4.74 Å². The van der Waals surface area contributed by atoms with Gasteiger partial charge in [0.15, 0.2) is 0 Å². The van der Waals surface area contributed by atoms with Crippen molar-refractivity contribution in [2.75, 3.05) is 6.61 Å². The number of fused-ring (bicyclic) bond motifs is 3. The molecule has 5 rings (SSSR count). The Kier molecular flexibility index (Phi) is 4.93. The van der Waals surface area contributed by atoms with Crippen LogP contribution in [-0.2, 0) is 24.2 Å². The fraction of sp³-hybridized carbons (Fsp3) is 0.148. The van der Waals surface area contributed by atoms with Gasteiger partial charge in [-0.05, 0) is 39.8 Å². The van der Waals surface area contributed by atoms with E-state index in [4.69, 9.17) is 9.72 Å². The van der Waals surface area contributed by atoms with E-state index in [2.05, 4.69) is 72.9 Å². The lowest BCUT2D eigenvalue weighted by Gasteiger charge is -2.15. The predicted octanol–water partition coefficient (Wildman–Crippen LogP) is 6.08. The zero-order valence-electron chi connectivity index (χ0n) is 16.3. The Morgan fingerprint density at radius 3 is 2.31 bits per heavy atom. The van der Waals surface area contributed by atoms with Crippen LogP contribution in [0, 0.1) is 0 Å². The minimum atomic E-state index is 0.642. The quantitative estimate of drug-likeness (QED) is 0.335. The SMILES string of the molecule is c1ccc(COCCc2cnc3c(c2-c2ccccc2)-c2ccccc2C3)cc1. The van der Waals surface area contributed by atoms with Gasteiger partial charge in [0.05, 0.1) is 18.9 Å². The van der Waals surface area contributed by atoms with Crippen molar-refractivity contribution in [1.82, 2.24) is 4.98 Å². The highest BCUT2D eigenvalue weighted by Crippen LogP contribution is 2.43. The second kappa shape index (κ2) is 8.02. The van der Waals surface area contributed by atoms with Gasteiger partial charge in [0.25, 0.3) is 0 Å². The first-order valence-electron chi connectivity index (χ1n) is 10.2. The Bertz CT molecular complexity index is 1120. The summed E-state index contributed by atoms with van der Waals surface area (Å²) in [6.07, 6.45) is 3.81. The fourth-order valence-corrected chi connectivity index (χ4v) is 4.18. The molecule has 0 N–H and O–H groups in total. The molecule has 0 fully saturated rings. The monoisotopic (exact) mass is 377 g/mol. The lowest BCUT2D eigenvalue weighted by molar-refractivity contribution is 0.124. The lowest BCUT2D eigenvalue weighted by Crippen LogP contribution is -2.03. The summed E-state index contributed by atoms with van der Waals surface area (Å²) in [5.74, 6) is 0. The predicted molar refractivity (Wildman–Crippen MR) is 118 cm³/mol. The van der Waals surface area contributed by atoms with Gasteiger partial charge in [-0.15, -0.1) is 0 Å². The van der Waals surface area contributed by atoms with E-state index in [0.29, 0.717) is 13.2 Å². The number of ether oxygens (including phenoxy) is 1. The summed E-state index contributed by atoms with van der Waals surface area (Å²) < 4.78 is 5.98. The van der Waals surface area contributed by atoms with Gasteiger partial charge in [-0.1, -0.05) is 84.9 Å². The molecule has 1 aliphatic rings. The van der Waals surface area contributed by atoms with Crippen molar-refractivity contribution in [2.45, 2.75) is 19.4 Å². The zero-order valence-corrected chi connectivity index (χ0v) is 16.3. The molecule has 29 heavy (non-hydrogen) atoms. The van der Waals surface area contributed by atoms with Crippen LogP contribution in [0.3, 0.4) is 0 Å². The third-order valence-electron chi connectivity index (χ3n) is 5.57. The lowest BCUT2D eigenvalue weighted by atomic mass is 9.91. The van der Waals surface area contributed by atoms with Crippen LogP contribution >= 0.6 is 0 Å². The Balaban J connectivity index is 1.47. The summed E-state index contributed by atoms with van der Waals surface area (Å²) in [6.45, 7) is 1.32. The first-order valence-corrected chi connectivity index (χ1v) is 10.2. The maximum atomic E-state index is 5.98. The molecule has 1 aliphatic carbocycles. The first-order chi connectivity index (χ1) is 14.4. The zero-order chi connectivity index (χ0) is 19.5. The van der Waals surface area contributed by atoms with Crippen LogP contribution in [-0.4, -0.2) is 11.6 Å². The van der Waals surface area contributed by atoms with E-state index < -0.39 is 0 Å². The fourth-order valence-electron chi connectivity index (χ4n) is 4.18. The largest absolute Gasteiger partial charge is 0.376 e. The van der Waals surface area contributed by atoms with Gasteiger partial charge in [0, 0.05) is 18.2 Å². The van der Waals surface area contributed by atoms with Gasteiger partial charge in [-0.2, -0.15) is 0 Å². The summed E-state index contributed by atoms with van der Waals surface area (Å²) in [5.41, 5.74) is 10.2. The molecule has 142 valence electrons. The van der Waals surface area contributed by atoms with Crippen molar-refractivity contribution in [3.05, 3.63) is 114 Å². The molecule has 0 amide bonds. The third-order valence-corrected chi connectivity index (χ3v) is 5.57. The van der Waals surface area contributed by atoms with Crippen molar-refractivity contribution in [1.29, 1.82) is 0 Å². The maximum absolute atomic E-state index is 5.98. The maximum Gasteiger partial charge on any atom is 0.0717 e. The van der Waals surface area contributed by atoms with Crippen LogP contribution in [0.15, 0.2) is 91.1 Å². The standard InChI is InChI=1S/C27H23NO/c1-3-9-20(10-4-1)19-29-16-15-23-18-28-25-17-22-13-7-8-14-24(22)27(25)26(23)21-11-5-2-6-12-21/h1-14,18H,15-17,19H2. The van der Waals surface area contributed by atoms with E-state index in [9.17, 15) is 0 Å². The summed E-state index contributed by atoms with van der Waals surface area (Å²) >= 11 is 0. The summed E-state index contributed by atoms with van der Waals surface area (Å²) in [6, 6.07) is 29.7. The Morgan fingerprint density at radius 1 is 0.759 bits per heavy atom. The van der Waals surface area contributed by atoms with Gasteiger partial charge >= 0.3 is 0 Å². The molecule has 4 aromatic rings. The van der Waals surface area contributed by atoms with Crippen LogP contribution in [0.25, 0.3) is 22.3 Å². The highest BCUT2D eigenvalue weighted by Gasteiger charge is 2.25. The van der Waals surface area contributed by atoms with Crippen molar-refractivity contribution in [3.63, 3.8) is 0 Å². The van der Waals surface area contributed by atoms with Crippen LogP contribution < -0.4 is 0 Å². The van der Waals surface area contributed by atoms with Crippen LogP contribution in [0.1, 0.15) is 22.4 Å². The van der Waals surface area contributed by atoms with E-state index in [1.54, 1.807) is 0 Å². The Morgan fingerprint density at radius 2 is 1.48 bits per heavy atom. The van der Waals surface area contributed by atoms with E-state index in [0.717, 1.165) is 12.8 Å². The molecule has 0 saturated carbocycles. The van der Waals surface area contributed by atoms with Crippen molar-refractivity contribution >= 4 is 0 Å². The molecule has 0 spiro atoms. The molecule has 1 aromatic heterocycles. The van der Waals surface area contributed by atoms with Gasteiger partial charge in [-0.25, -0.2) is 0 Å². The number of pyridine rings is 1. The van der Waals surface area contributed by atoms with E-state index >= 15 is 0 Å². The van der Waals surface area contributed by atoms with E-state index in [-0.39, 0.29) is 0 Å². The second-order valence-electron chi connectivity index (χ2n) is 7.47. The molecule has 0 atom stereocenters. The van der Waals surface area contributed by atoms with Crippen LogP contribution in [0.2, 0.25) is 0 Å². The Hall–Kier alpha value is -3.23. The summed E-state index contributed by atoms with van der Waals surface area (Å²) in [5, 5.41) is 0. The van der Waals surface area contributed by atoms with Gasteiger partial charge in [0.2, 0.25) is 0 Å². The van der Waals surface area contributed by atoms with Crippen molar-refractivity contribution in [2.24, 2.45) is 0 Å². The molecule has 3 aromatic carbocycles. The molecule has 0 radical (unpaired) electrons. The highest BCUT2D eigenvalue weighted by molar-refractivity contribution is 5.90. The van der Waals surface area contributed by atoms with Gasteiger partial charge in [-0.3, -0.25) is 4.98 Å². The topological polar surface area (TPSA) is 22.1 Å². The number of aromatic nitrogens is 1. The molecule has 2 heteroatoms. The molecule has 2 nitrogen and oxygen atoms in total. The molecule has 0 saturated heterocycles. The smallest absolute Gasteiger partial charge is 0.0717 e. The molecule has 1 heterocycles. The second-order valence-corrected chi connectivity index (χ2v) is 7.47. The number of benzene rings is 3. The minimum absolute atomic E-state index is 0.642. The molecular weight excluding hydrogens is 354 g/mol.